The van der Waals surface area contributed by atoms with Gasteiger partial charge >= 0.3 is 17.6 Å². The average Bonchev–Trinajstić information content (AvgIpc) is 0.669. The molecule has 106 heavy (non-hydrogen) atoms. The Morgan fingerprint density at radius 1 is 0.349 bits per heavy atom. The quantitative estimate of drug-likeness (QED) is 0.0201. The molecule has 0 saturated heterocycles. The normalized spacial score (nSPS) is 14.4. The first kappa shape index (κ1) is 78.0. The van der Waals surface area contributed by atoms with E-state index in [4.69, 9.17) is 45.5 Å². The van der Waals surface area contributed by atoms with Crippen LogP contribution in [0.3, 0.4) is 0 Å². The first-order valence-corrected chi connectivity index (χ1v) is 40.1. The summed E-state index contributed by atoms with van der Waals surface area (Å²) in [5.41, 5.74) is 3.08. The predicted octanol–water partition coefficient (Wildman–Crippen LogP) is 17.6. The van der Waals surface area contributed by atoms with Crippen molar-refractivity contribution in [1.82, 2.24) is 20.4 Å². The van der Waals surface area contributed by atoms with Crippen molar-refractivity contribution in [3.05, 3.63) is 166 Å². The zero-order valence-electron chi connectivity index (χ0n) is 64.8. The highest BCUT2D eigenvalue weighted by molar-refractivity contribution is 6.61. The molecular weight excluding hydrogens is 1380 g/mol. The topological polar surface area (TPSA) is 225 Å². The van der Waals surface area contributed by atoms with Gasteiger partial charge in [-0.15, -0.1) is 0 Å². The number of nitrogens with one attached hydrogen (secondary N) is 2. The molecule has 0 aromatic heterocycles. The van der Waals surface area contributed by atoms with Gasteiger partial charge < -0.3 is 56.1 Å². The van der Waals surface area contributed by atoms with Crippen molar-refractivity contribution < 1.29 is 74.3 Å². The third kappa shape index (κ3) is 14.9. The van der Waals surface area contributed by atoms with Gasteiger partial charge in [-0.05, 0) is 130 Å². The number of ether oxygens (including phenoxy) is 4. The summed E-state index contributed by atoms with van der Waals surface area (Å²) in [6, 6.07) is 34.7. The highest BCUT2D eigenvalue weighted by Crippen LogP contribution is 2.58. The Kier molecular flexibility index (Phi) is 22.3. The molecule has 9 aromatic carbocycles. The van der Waals surface area contributed by atoms with E-state index >= 15 is 19.2 Å². The number of rotatable bonds is 28. The molecule has 11 rings (SSSR count). The Balaban J connectivity index is 1.31. The second-order valence-corrected chi connectivity index (χ2v) is 37.6. The number of benzene rings is 9. The molecule has 0 radical (unpaired) electrons. The molecule has 9 aromatic rings. The fraction of sp³-hybridized carbons (Fsp3) is 0.405. The SMILES string of the molecule is CCCC(C(=O)NCC[Si](OC)(OC)OC)N1C(=O)c2cc(Oc3ccc(C(C)(C)C)cc3)c3c4c(Oc5ccc(C(C)(C)C)cc5)cc5c6c(cc(Oc7ccc(C(C)(C)C)cc7)c(c7c(Oc8ccc(C(C)(C)C)cc8)cc(c2c37)C1=O)c64)C(=O)N(C(CCC)C(=O)NCC[Si](OC)(OC)OC)C5=O. The van der Waals surface area contributed by atoms with Crippen LogP contribution in [0.15, 0.2) is 121 Å². The van der Waals surface area contributed by atoms with Gasteiger partial charge in [-0.1, -0.05) is 158 Å². The summed E-state index contributed by atoms with van der Waals surface area (Å²) in [5.74, 6) is -2.45. The maximum absolute atomic E-state index is 16.4. The van der Waals surface area contributed by atoms with Crippen molar-refractivity contribution in [1.29, 1.82) is 0 Å². The van der Waals surface area contributed by atoms with Crippen LogP contribution in [0.5, 0.6) is 46.0 Å². The van der Waals surface area contributed by atoms with Gasteiger partial charge in [-0.2, -0.15) is 0 Å². The van der Waals surface area contributed by atoms with Crippen LogP contribution in [0, 0.1) is 0 Å². The minimum absolute atomic E-state index is 0.0194. The second kappa shape index (κ2) is 30.3. The molecule has 0 aliphatic carbocycles. The van der Waals surface area contributed by atoms with Gasteiger partial charge in [0.15, 0.2) is 0 Å². The standard InChI is InChI=1S/C84H100N4O16Si2/c1-21-23-61(75(89)85-41-43-105(95-15,96-16)97-17)87-77(91)57-45-63(101-53-33-25-49(26-34-53)81(3,4)5)69-71-65(103-55-37-29-51(30-38-55)83(9,10)11)47-59-68-60(80(94)88(79(59)93)62(24-22-2)76(90)86-42-44-106(98-18,99-19)100-20)48-66(104-56-39-31-52(32-40-56)84(12,13)14)72(74(68)71)70-64(46-58(78(87)92)67(57)73(69)70)102-54-35-27-50(28-36-54)82(6,7)8/h25-40,45-48,61-62H,21-24,41-44H2,1-20H3,(H,85,89)(H,86,90). The van der Waals surface area contributed by atoms with Crippen LogP contribution in [-0.4, -0.2) is 131 Å². The number of imide groups is 2. The van der Waals surface area contributed by atoms with Crippen LogP contribution in [0.4, 0.5) is 0 Å². The van der Waals surface area contributed by atoms with E-state index in [1.807, 2.05) is 111 Å². The molecule has 2 heterocycles. The van der Waals surface area contributed by atoms with E-state index in [0.717, 1.165) is 32.1 Å². The van der Waals surface area contributed by atoms with Gasteiger partial charge in [0.1, 0.15) is 58.1 Å². The number of fused-ring (bicyclic) bond motifs is 2. The lowest BCUT2D eigenvalue weighted by Crippen LogP contribution is -2.54. The fourth-order valence-electron chi connectivity index (χ4n) is 14.4. The predicted molar refractivity (Wildman–Crippen MR) is 416 cm³/mol. The van der Waals surface area contributed by atoms with E-state index in [1.54, 1.807) is 24.3 Å². The van der Waals surface area contributed by atoms with Crippen LogP contribution >= 0.6 is 0 Å². The number of nitrogens with zero attached hydrogens (tertiary/aromatic N) is 2. The van der Waals surface area contributed by atoms with Gasteiger partial charge in [0, 0.05) is 111 Å². The van der Waals surface area contributed by atoms with Crippen LogP contribution < -0.4 is 29.6 Å². The van der Waals surface area contributed by atoms with E-state index in [1.165, 1.54) is 42.7 Å². The van der Waals surface area contributed by atoms with Crippen LogP contribution in [0.1, 0.15) is 186 Å². The van der Waals surface area contributed by atoms with Gasteiger partial charge in [0.25, 0.3) is 23.6 Å². The lowest BCUT2D eigenvalue weighted by molar-refractivity contribution is -0.125. The molecule has 0 saturated carbocycles. The summed E-state index contributed by atoms with van der Waals surface area (Å²) in [6.07, 6.45) is 0.951. The third-order valence-electron chi connectivity index (χ3n) is 20.4. The monoisotopic (exact) mass is 1480 g/mol. The Morgan fingerprint density at radius 2 is 0.566 bits per heavy atom. The number of amides is 6. The molecule has 20 nitrogen and oxygen atoms in total. The average molecular weight is 1480 g/mol. The Bertz CT molecular complexity index is 4260. The van der Waals surface area contributed by atoms with Crippen molar-refractivity contribution in [2.45, 2.75) is 168 Å². The van der Waals surface area contributed by atoms with Crippen LogP contribution in [-0.2, 0) is 57.8 Å². The molecule has 560 valence electrons. The summed E-state index contributed by atoms with van der Waals surface area (Å²) in [4.78, 5) is 97.6. The van der Waals surface area contributed by atoms with Crippen molar-refractivity contribution >= 4 is 96.1 Å². The summed E-state index contributed by atoms with van der Waals surface area (Å²) in [5, 5.41) is 8.14. The lowest BCUT2D eigenvalue weighted by Gasteiger charge is -2.36. The number of carbonyl (C=O) groups excluding carboxylic acids is 6. The van der Waals surface area contributed by atoms with E-state index in [2.05, 4.69) is 93.7 Å². The molecule has 2 aliphatic heterocycles. The Morgan fingerprint density at radius 3 is 0.755 bits per heavy atom. The second-order valence-electron chi connectivity index (χ2n) is 31.4. The van der Waals surface area contributed by atoms with Crippen molar-refractivity contribution in [3.63, 3.8) is 0 Å². The summed E-state index contributed by atoms with van der Waals surface area (Å²) in [7, 11) is 2.45. The maximum atomic E-state index is 16.4. The first-order valence-electron chi connectivity index (χ1n) is 36.3. The molecule has 2 N–H and O–H groups in total. The molecule has 6 amide bonds. The molecule has 0 fully saturated rings. The highest BCUT2D eigenvalue weighted by Gasteiger charge is 2.47. The molecule has 2 unspecified atom stereocenters. The van der Waals surface area contributed by atoms with E-state index in [9.17, 15) is 9.59 Å². The van der Waals surface area contributed by atoms with E-state index < -0.39 is 65.1 Å². The largest absolute Gasteiger partial charge is 0.501 e. The summed E-state index contributed by atoms with van der Waals surface area (Å²) in [6.45, 7) is 29.1. The van der Waals surface area contributed by atoms with Gasteiger partial charge in [-0.3, -0.25) is 38.6 Å². The third-order valence-corrected chi connectivity index (χ3v) is 25.9. The summed E-state index contributed by atoms with van der Waals surface area (Å²) < 4.78 is 63.5. The zero-order valence-corrected chi connectivity index (χ0v) is 66.8. The van der Waals surface area contributed by atoms with E-state index in [0.29, 0.717) is 68.2 Å². The molecule has 0 bridgehead atoms. The minimum Gasteiger partial charge on any atom is -0.457 e. The van der Waals surface area contributed by atoms with Crippen molar-refractivity contribution in [2.75, 3.05) is 55.7 Å². The van der Waals surface area contributed by atoms with Gasteiger partial charge in [0.05, 0.1) is 22.3 Å². The lowest BCUT2D eigenvalue weighted by atomic mass is 9.80. The van der Waals surface area contributed by atoms with Crippen molar-refractivity contribution in [3.8, 4) is 46.0 Å². The molecule has 22 heteroatoms. The van der Waals surface area contributed by atoms with Crippen LogP contribution in [0.25, 0.3) is 43.1 Å². The molecule has 0 spiro atoms. The number of hydrogen-bond acceptors (Lipinski definition) is 16. The van der Waals surface area contributed by atoms with Crippen molar-refractivity contribution in [2.24, 2.45) is 0 Å². The van der Waals surface area contributed by atoms with Crippen LogP contribution in [0.2, 0.25) is 12.1 Å². The van der Waals surface area contributed by atoms with Gasteiger partial charge in [0.2, 0.25) is 11.8 Å². The zero-order chi connectivity index (χ0) is 76.9. The summed E-state index contributed by atoms with van der Waals surface area (Å²) >= 11 is 0. The molecule has 2 atom stereocenters. The fourth-order valence-corrected chi connectivity index (χ4v) is 17.4. The maximum Gasteiger partial charge on any atom is 0.501 e. The number of hydrogen-bond donors (Lipinski definition) is 2. The Hall–Kier alpha value is -9.11. The first-order chi connectivity index (χ1) is 50.1. The Labute approximate surface area is 623 Å². The van der Waals surface area contributed by atoms with E-state index in [-0.39, 0.29) is 116 Å². The molecule has 2 aliphatic rings. The highest BCUT2D eigenvalue weighted by atomic mass is 28.4. The smallest absolute Gasteiger partial charge is 0.457 e. The molecular formula is C84H100N4O16Si2. The number of carbonyl (C=O) groups is 6. The van der Waals surface area contributed by atoms with Gasteiger partial charge in [-0.25, -0.2) is 0 Å². The minimum atomic E-state index is -3.22.